The van der Waals surface area contributed by atoms with Crippen LogP contribution in [-0.2, 0) is 4.79 Å². The lowest BCUT2D eigenvalue weighted by Gasteiger charge is -2.17. The van der Waals surface area contributed by atoms with Crippen molar-refractivity contribution in [1.82, 2.24) is 9.55 Å². The zero-order chi connectivity index (χ0) is 21.4. The number of rotatable bonds is 4. The summed E-state index contributed by atoms with van der Waals surface area (Å²) >= 11 is 1.48. The second-order valence-corrected chi connectivity index (χ2v) is 8.62. The van der Waals surface area contributed by atoms with E-state index in [2.05, 4.69) is 10.3 Å². The zero-order valence-electron chi connectivity index (χ0n) is 17.4. The van der Waals surface area contributed by atoms with Gasteiger partial charge in [0.25, 0.3) is 5.56 Å². The summed E-state index contributed by atoms with van der Waals surface area (Å²) in [5, 5.41) is 3.52. The van der Waals surface area contributed by atoms with Gasteiger partial charge in [-0.15, -0.1) is 11.3 Å². The Bertz CT molecular complexity index is 1280. The fourth-order valence-electron chi connectivity index (χ4n) is 3.69. The molecule has 0 aliphatic rings. The van der Waals surface area contributed by atoms with Crippen LogP contribution in [0.4, 0.5) is 5.69 Å². The van der Waals surface area contributed by atoms with Crippen molar-refractivity contribution in [2.24, 2.45) is 0 Å². The Morgan fingerprint density at radius 1 is 1.07 bits per heavy atom. The van der Waals surface area contributed by atoms with Gasteiger partial charge in [0.05, 0.1) is 11.7 Å². The van der Waals surface area contributed by atoms with E-state index in [-0.39, 0.29) is 11.5 Å². The normalized spacial score (nSPS) is 12.1. The van der Waals surface area contributed by atoms with Crippen LogP contribution < -0.4 is 10.9 Å². The third-order valence-corrected chi connectivity index (χ3v) is 6.35. The summed E-state index contributed by atoms with van der Waals surface area (Å²) in [7, 11) is 0. The molecule has 4 aromatic rings. The largest absolute Gasteiger partial charge is 0.324 e. The third-order valence-electron chi connectivity index (χ3n) is 5.26. The Hall–Kier alpha value is -3.25. The topological polar surface area (TPSA) is 64.0 Å². The van der Waals surface area contributed by atoms with Crippen molar-refractivity contribution in [2.75, 3.05) is 5.32 Å². The van der Waals surface area contributed by atoms with Crippen molar-refractivity contribution in [3.8, 4) is 10.4 Å². The molecule has 0 bridgehead atoms. The predicted molar refractivity (Wildman–Crippen MR) is 123 cm³/mol. The lowest BCUT2D eigenvalue weighted by Crippen LogP contribution is -2.31. The van der Waals surface area contributed by atoms with Crippen molar-refractivity contribution < 1.29 is 4.79 Å². The van der Waals surface area contributed by atoms with Gasteiger partial charge in [0, 0.05) is 10.6 Å². The number of hydrogen-bond donors (Lipinski definition) is 1. The maximum atomic E-state index is 13.1. The predicted octanol–water partition coefficient (Wildman–Crippen LogP) is 5.25. The molecule has 0 unspecified atom stereocenters. The van der Waals surface area contributed by atoms with E-state index in [1.807, 2.05) is 69.3 Å². The fraction of sp³-hybridized carbons (Fsp3) is 0.208. The standard InChI is InChI=1S/C24H23N3O2S/c1-14-10-15(2)21(16(3)11-14)26-22(28)17(4)27-13-25-23-19(24(27)29)12-20(30-23)18-8-6-5-7-9-18/h5-13,17H,1-4H3,(H,26,28)/t17-/m0/s1. The number of benzene rings is 2. The van der Waals surface area contributed by atoms with E-state index in [9.17, 15) is 9.59 Å². The van der Waals surface area contributed by atoms with Gasteiger partial charge in [0.15, 0.2) is 0 Å². The summed E-state index contributed by atoms with van der Waals surface area (Å²) in [6, 6.07) is 15.1. The molecule has 0 radical (unpaired) electrons. The lowest BCUT2D eigenvalue weighted by molar-refractivity contribution is -0.118. The number of fused-ring (bicyclic) bond motifs is 1. The molecular formula is C24H23N3O2S. The summed E-state index contributed by atoms with van der Waals surface area (Å²) in [6.07, 6.45) is 1.47. The van der Waals surface area contributed by atoms with Crippen LogP contribution in [0.1, 0.15) is 29.7 Å². The first kappa shape index (κ1) is 20.0. The summed E-state index contributed by atoms with van der Waals surface area (Å²) < 4.78 is 1.40. The molecule has 2 aromatic heterocycles. The molecule has 0 saturated carbocycles. The van der Waals surface area contributed by atoms with Crippen LogP contribution in [-0.4, -0.2) is 15.5 Å². The van der Waals surface area contributed by atoms with Crippen LogP contribution in [0.25, 0.3) is 20.7 Å². The van der Waals surface area contributed by atoms with Gasteiger partial charge in [-0.2, -0.15) is 0 Å². The number of nitrogens with zero attached hydrogens (tertiary/aromatic N) is 2. The summed E-state index contributed by atoms with van der Waals surface area (Å²) in [5.74, 6) is -0.244. The molecule has 1 amide bonds. The van der Waals surface area contributed by atoms with Gasteiger partial charge in [0.1, 0.15) is 10.9 Å². The molecule has 0 aliphatic carbocycles. The Morgan fingerprint density at radius 3 is 2.40 bits per heavy atom. The molecule has 1 N–H and O–H groups in total. The van der Waals surface area contributed by atoms with Crippen LogP contribution in [0.2, 0.25) is 0 Å². The minimum Gasteiger partial charge on any atom is -0.324 e. The molecule has 0 spiro atoms. The van der Waals surface area contributed by atoms with Gasteiger partial charge in [-0.05, 0) is 50.5 Å². The van der Waals surface area contributed by atoms with E-state index >= 15 is 0 Å². The van der Waals surface area contributed by atoms with Crippen molar-refractivity contribution in [1.29, 1.82) is 0 Å². The molecule has 4 rings (SSSR count). The summed E-state index contributed by atoms with van der Waals surface area (Å²) in [6.45, 7) is 7.68. The van der Waals surface area contributed by atoms with Gasteiger partial charge in [-0.1, -0.05) is 48.0 Å². The first-order valence-corrected chi connectivity index (χ1v) is 10.6. The maximum Gasteiger partial charge on any atom is 0.262 e. The van der Waals surface area contributed by atoms with E-state index in [4.69, 9.17) is 0 Å². The Morgan fingerprint density at radius 2 is 1.73 bits per heavy atom. The average molecular weight is 418 g/mol. The van der Waals surface area contributed by atoms with E-state index in [1.54, 1.807) is 6.92 Å². The minimum atomic E-state index is -0.686. The van der Waals surface area contributed by atoms with E-state index in [0.717, 1.165) is 32.8 Å². The Kier molecular flexibility index (Phi) is 5.26. The number of amides is 1. The number of nitrogens with one attached hydrogen (secondary N) is 1. The van der Waals surface area contributed by atoms with Gasteiger partial charge in [-0.25, -0.2) is 4.98 Å². The smallest absolute Gasteiger partial charge is 0.262 e. The maximum absolute atomic E-state index is 13.1. The summed E-state index contributed by atoms with van der Waals surface area (Å²) in [4.78, 5) is 32.1. The number of aromatic nitrogens is 2. The molecule has 2 heterocycles. The van der Waals surface area contributed by atoms with Crippen LogP contribution in [0, 0.1) is 20.8 Å². The van der Waals surface area contributed by atoms with Crippen molar-refractivity contribution in [2.45, 2.75) is 33.7 Å². The number of thiophene rings is 1. The number of aryl methyl sites for hydroxylation is 3. The van der Waals surface area contributed by atoms with Gasteiger partial charge in [0.2, 0.25) is 5.91 Å². The van der Waals surface area contributed by atoms with Gasteiger partial charge < -0.3 is 5.32 Å². The van der Waals surface area contributed by atoms with Crippen LogP contribution in [0.15, 0.2) is 59.7 Å². The second-order valence-electron chi connectivity index (χ2n) is 7.59. The first-order valence-electron chi connectivity index (χ1n) is 9.80. The number of hydrogen-bond acceptors (Lipinski definition) is 4. The quantitative estimate of drug-likeness (QED) is 0.493. The molecule has 30 heavy (non-hydrogen) atoms. The van der Waals surface area contributed by atoms with Crippen molar-refractivity contribution in [3.63, 3.8) is 0 Å². The monoisotopic (exact) mass is 417 g/mol. The van der Waals surface area contributed by atoms with Gasteiger partial charge >= 0.3 is 0 Å². The highest BCUT2D eigenvalue weighted by Crippen LogP contribution is 2.31. The van der Waals surface area contributed by atoms with E-state index in [0.29, 0.717) is 10.2 Å². The molecule has 0 saturated heterocycles. The van der Waals surface area contributed by atoms with Crippen molar-refractivity contribution >= 4 is 33.1 Å². The summed E-state index contributed by atoms with van der Waals surface area (Å²) in [5.41, 5.74) is 4.77. The van der Waals surface area contributed by atoms with E-state index < -0.39 is 6.04 Å². The average Bonchev–Trinajstić information content (AvgIpc) is 3.16. The Balaban J connectivity index is 1.66. The zero-order valence-corrected chi connectivity index (χ0v) is 18.2. The molecule has 2 aromatic carbocycles. The highest BCUT2D eigenvalue weighted by atomic mass is 32.1. The fourth-order valence-corrected chi connectivity index (χ4v) is 4.68. The third kappa shape index (κ3) is 3.66. The molecule has 1 atom stereocenters. The van der Waals surface area contributed by atoms with E-state index in [1.165, 1.54) is 22.2 Å². The molecule has 6 heteroatoms. The highest BCUT2D eigenvalue weighted by Gasteiger charge is 2.20. The molecule has 152 valence electrons. The molecule has 0 fully saturated rings. The van der Waals surface area contributed by atoms with Crippen molar-refractivity contribution in [3.05, 3.63) is 81.9 Å². The van der Waals surface area contributed by atoms with Crippen LogP contribution in [0.5, 0.6) is 0 Å². The number of anilines is 1. The van der Waals surface area contributed by atoms with Crippen LogP contribution in [0.3, 0.4) is 0 Å². The molecule has 0 aliphatic heterocycles. The van der Waals surface area contributed by atoms with Gasteiger partial charge in [-0.3, -0.25) is 14.2 Å². The lowest BCUT2D eigenvalue weighted by atomic mass is 10.0. The number of carbonyl (C=O) groups excluding carboxylic acids is 1. The second kappa shape index (κ2) is 7.88. The molecule has 5 nitrogen and oxygen atoms in total. The van der Waals surface area contributed by atoms with Crippen LogP contribution >= 0.6 is 11.3 Å². The SMILES string of the molecule is Cc1cc(C)c(NC(=O)[C@H](C)n2cnc3sc(-c4ccccc4)cc3c2=O)c(C)c1. The highest BCUT2D eigenvalue weighted by molar-refractivity contribution is 7.21. The Labute approximate surface area is 179 Å². The number of carbonyl (C=O) groups is 1. The molecular weight excluding hydrogens is 394 g/mol. The minimum absolute atomic E-state index is 0.210. The first-order chi connectivity index (χ1) is 14.3.